The smallest absolute Gasteiger partial charge is 0.261 e. The van der Waals surface area contributed by atoms with Crippen LogP contribution >= 0.6 is 11.6 Å². The molecule has 0 bridgehead atoms. The first-order valence-electron chi connectivity index (χ1n) is 9.51. The number of carbonyl (C=O) groups excluding carboxylic acids is 2. The standard InChI is InChI=1S/C23H21ClN2O4S/c1-16(27)18-7-11-22(12-8-18)31(29,30)26-21-9-5-19(6-10-21)23(28)25-14-13-17-3-2-4-20(24)15-17/h2-12,15,26H,13-14H2,1H3,(H,25,28). The van der Waals surface area contributed by atoms with Crippen molar-refractivity contribution >= 4 is 39.0 Å². The second-order valence-electron chi connectivity index (χ2n) is 6.90. The zero-order valence-electron chi connectivity index (χ0n) is 16.8. The van der Waals surface area contributed by atoms with E-state index in [9.17, 15) is 18.0 Å². The van der Waals surface area contributed by atoms with Gasteiger partial charge in [-0.2, -0.15) is 0 Å². The van der Waals surface area contributed by atoms with Crippen molar-refractivity contribution in [1.82, 2.24) is 5.32 Å². The third-order valence-corrected chi connectivity index (χ3v) is 6.19. The molecule has 0 aliphatic rings. The molecular weight excluding hydrogens is 436 g/mol. The molecule has 8 heteroatoms. The van der Waals surface area contributed by atoms with Gasteiger partial charge in [0, 0.05) is 28.4 Å². The van der Waals surface area contributed by atoms with Crippen LogP contribution in [0.25, 0.3) is 0 Å². The van der Waals surface area contributed by atoms with Crippen molar-refractivity contribution in [2.75, 3.05) is 11.3 Å². The average molecular weight is 457 g/mol. The first-order chi connectivity index (χ1) is 14.7. The van der Waals surface area contributed by atoms with Gasteiger partial charge >= 0.3 is 0 Å². The molecule has 0 heterocycles. The lowest BCUT2D eigenvalue weighted by Gasteiger charge is -2.10. The first-order valence-corrected chi connectivity index (χ1v) is 11.4. The van der Waals surface area contributed by atoms with Gasteiger partial charge in [-0.25, -0.2) is 8.42 Å². The molecule has 31 heavy (non-hydrogen) atoms. The van der Waals surface area contributed by atoms with E-state index in [0.29, 0.717) is 34.8 Å². The van der Waals surface area contributed by atoms with E-state index >= 15 is 0 Å². The number of nitrogens with one attached hydrogen (secondary N) is 2. The highest BCUT2D eigenvalue weighted by Gasteiger charge is 2.15. The minimum Gasteiger partial charge on any atom is -0.352 e. The summed E-state index contributed by atoms with van der Waals surface area (Å²) >= 11 is 5.95. The zero-order chi connectivity index (χ0) is 22.4. The van der Waals surface area contributed by atoms with Gasteiger partial charge in [0.05, 0.1) is 4.90 Å². The summed E-state index contributed by atoms with van der Waals surface area (Å²) in [7, 11) is -3.81. The van der Waals surface area contributed by atoms with Crippen molar-refractivity contribution in [3.63, 3.8) is 0 Å². The Morgan fingerprint density at radius 2 is 1.55 bits per heavy atom. The highest BCUT2D eigenvalue weighted by molar-refractivity contribution is 7.92. The third kappa shape index (κ3) is 6.16. The van der Waals surface area contributed by atoms with Crippen LogP contribution in [0.1, 0.15) is 33.2 Å². The van der Waals surface area contributed by atoms with Crippen LogP contribution in [0.5, 0.6) is 0 Å². The van der Waals surface area contributed by atoms with Gasteiger partial charge in [0.2, 0.25) is 0 Å². The topological polar surface area (TPSA) is 92.3 Å². The summed E-state index contributed by atoms with van der Waals surface area (Å²) in [5.41, 5.74) is 2.20. The summed E-state index contributed by atoms with van der Waals surface area (Å²) in [6.45, 7) is 1.86. The lowest BCUT2D eigenvalue weighted by molar-refractivity contribution is 0.0953. The summed E-state index contributed by atoms with van der Waals surface area (Å²) in [6, 6.07) is 19.3. The van der Waals surface area contributed by atoms with E-state index in [0.717, 1.165) is 5.56 Å². The molecule has 0 aliphatic heterocycles. The van der Waals surface area contributed by atoms with Crippen molar-refractivity contribution in [3.05, 3.63) is 94.5 Å². The predicted octanol–water partition coefficient (Wildman–Crippen LogP) is 4.32. The van der Waals surface area contributed by atoms with Gasteiger partial charge in [-0.05, 0) is 67.4 Å². The predicted molar refractivity (Wildman–Crippen MR) is 121 cm³/mol. The maximum atomic E-state index is 12.5. The van der Waals surface area contributed by atoms with E-state index in [2.05, 4.69) is 10.0 Å². The molecule has 1 amide bonds. The van der Waals surface area contributed by atoms with Crippen LogP contribution in [0, 0.1) is 0 Å². The second kappa shape index (κ2) is 9.76. The first kappa shape index (κ1) is 22.5. The quantitative estimate of drug-likeness (QED) is 0.494. The SMILES string of the molecule is CC(=O)c1ccc(S(=O)(=O)Nc2ccc(C(=O)NCCc3cccc(Cl)c3)cc2)cc1. The molecular formula is C23H21ClN2O4S. The zero-order valence-corrected chi connectivity index (χ0v) is 18.3. The molecule has 2 N–H and O–H groups in total. The molecule has 3 rings (SSSR count). The number of rotatable bonds is 8. The molecule has 0 saturated carbocycles. The van der Waals surface area contributed by atoms with Crippen molar-refractivity contribution in [2.24, 2.45) is 0 Å². The fourth-order valence-electron chi connectivity index (χ4n) is 2.89. The molecule has 0 unspecified atom stereocenters. The summed E-state index contributed by atoms with van der Waals surface area (Å²) < 4.78 is 27.5. The Balaban J connectivity index is 1.58. The number of hydrogen-bond donors (Lipinski definition) is 2. The monoisotopic (exact) mass is 456 g/mol. The Bertz CT molecular complexity index is 1190. The van der Waals surface area contributed by atoms with Crippen molar-refractivity contribution in [3.8, 4) is 0 Å². The highest BCUT2D eigenvalue weighted by Crippen LogP contribution is 2.18. The molecule has 0 spiro atoms. The van der Waals surface area contributed by atoms with E-state index in [4.69, 9.17) is 11.6 Å². The van der Waals surface area contributed by atoms with Crippen LogP contribution in [0.2, 0.25) is 5.02 Å². The van der Waals surface area contributed by atoms with E-state index in [1.165, 1.54) is 43.3 Å². The van der Waals surface area contributed by atoms with Gasteiger partial charge in [-0.1, -0.05) is 35.9 Å². The Kier molecular flexibility index (Phi) is 7.09. The van der Waals surface area contributed by atoms with Crippen LogP contribution in [0.3, 0.4) is 0 Å². The second-order valence-corrected chi connectivity index (χ2v) is 9.02. The van der Waals surface area contributed by atoms with Crippen LogP contribution in [-0.4, -0.2) is 26.7 Å². The van der Waals surface area contributed by atoms with E-state index < -0.39 is 10.0 Å². The number of Topliss-reactive ketones (excluding diaryl/α,β-unsaturated/α-hetero) is 1. The van der Waals surface area contributed by atoms with Crippen LogP contribution in [0.4, 0.5) is 5.69 Å². The summed E-state index contributed by atoms with van der Waals surface area (Å²) in [6.07, 6.45) is 0.645. The molecule has 0 aromatic heterocycles. The maximum absolute atomic E-state index is 12.5. The summed E-state index contributed by atoms with van der Waals surface area (Å²) in [5.74, 6) is -0.394. The fourth-order valence-corrected chi connectivity index (χ4v) is 4.16. The number of carbonyl (C=O) groups is 2. The van der Waals surface area contributed by atoms with Crippen LogP contribution < -0.4 is 10.0 Å². The van der Waals surface area contributed by atoms with Crippen molar-refractivity contribution in [1.29, 1.82) is 0 Å². The minimum absolute atomic E-state index is 0.0420. The summed E-state index contributed by atoms with van der Waals surface area (Å²) in [5, 5.41) is 3.48. The molecule has 3 aromatic carbocycles. The maximum Gasteiger partial charge on any atom is 0.261 e. The van der Waals surface area contributed by atoms with Crippen molar-refractivity contribution in [2.45, 2.75) is 18.2 Å². The molecule has 160 valence electrons. The Morgan fingerprint density at radius 1 is 0.903 bits per heavy atom. The summed E-state index contributed by atoms with van der Waals surface area (Å²) in [4.78, 5) is 23.7. The highest BCUT2D eigenvalue weighted by atomic mass is 35.5. The number of benzene rings is 3. The average Bonchev–Trinajstić information content (AvgIpc) is 2.74. The normalized spacial score (nSPS) is 11.0. The molecule has 0 atom stereocenters. The Hall–Kier alpha value is -3.16. The molecule has 0 saturated heterocycles. The lowest BCUT2D eigenvalue weighted by atomic mass is 10.1. The molecule has 0 radical (unpaired) electrons. The molecule has 0 aliphatic carbocycles. The number of ketones is 1. The van der Waals surface area contributed by atoms with Gasteiger partial charge in [0.1, 0.15) is 0 Å². The van der Waals surface area contributed by atoms with E-state index in [1.54, 1.807) is 18.2 Å². The molecule has 0 fully saturated rings. The van der Waals surface area contributed by atoms with Gasteiger partial charge in [0.15, 0.2) is 5.78 Å². The Morgan fingerprint density at radius 3 is 2.16 bits per heavy atom. The lowest BCUT2D eigenvalue weighted by Crippen LogP contribution is -2.25. The Labute approximate surface area is 186 Å². The number of halogens is 1. The number of anilines is 1. The largest absolute Gasteiger partial charge is 0.352 e. The van der Waals surface area contributed by atoms with Gasteiger partial charge in [-0.15, -0.1) is 0 Å². The van der Waals surface area contributed by atoms with Crippen molar-refractivity contribution < 1.29 is 18.0 Å². The van der Waals surface area contributed by atoms with Gasteiger partial charge in [0.25, 0.3) is 15.9 Å². The van der Waals surface area contributed by atoms with E-state index in [-0.39, 0.29) is 16.6 Å². The van der Waals surface area contributed by atoms with Gasteiger partial charge < -0.3 is 5.32 Å². The molecule has 3 aromatic rings. The fraction of sp³-hybridized carbons (Fsp3) is 0.130. The number of sulfonamides is 1. The van der Waals surface area contributed by atoms with Crippen LogP contribution in [0.15, 0.2) is 77.7 Å². The third-order valence-electron chi connectivity index (χ3n) is 4.56. The van der Waals surface area contributed by atoms with Gasteiger partial charge in [-0.3, -0.25) is 14.3 Å². The molecule has 6 nitrogen and oxygen atoms in total. The number of hydrogen-bond acceptors (Lipinski definition) is 4. The minimum atomic E-state index is -3.81. The number of amides is 1. The van der Waals surface area contributed by atoms with E-state index in [1.807, 2.05) is 18.2 Å². The van der Waals surface area contributed by atoms with Crippen LogP contribution in [-0.2, 0) is 16.4 Å².